The smallest absolute Gasteiger partial charge is 0.319 e. The Morgan fingerprint density at radius 1 is 1.17 bits per heavy atom. The van der Waals surface area contributed by atoms with Crippen molar-refractivity contribution in [2.45, 2.75) is 50.6 Å². The molecule has 3 aliphatic rings. The Kier molecular flexibility index (Phi) is 7.82. The lowest BCUT2D eigenvalue weighted by Gasteiger charge is -2.39. The number of benzene rings is 2. The highest BCUT2D eigenvalue weighted by atomic mass is 19.1. The molecule has 3 heterocycles. The predicted molar refractivity (Wildman–Crippen MR) is 162 cm³/mol. The average molecular weight is 569 g/mol. The van der Waals surface area contributed by atoms with Crippen LogP contribution in [0.4, 0.5) is 10.2 Å². The second-order valence-electron chi connectivity index (χ2n) is 11.7. The summed E-state index contributed by atoms with van der Waals surface area (Å²) in [5, 5.41) is 0.590. The molecule has 218 valence electrons. The summed E-state index contributed by atoms with van der Waals surface area (Å²) in [7, 11) is 2.08. The number of likely N-dealkylation sites (tertiary alicyclic amines) is 1. The van der Waals surface area contributed by atoms with Crippen molar-refractivity contribution in [1.29, 1.82) is 0 Å². The van der Waals surface area contributed by atoms with Gasteiger partial charge in [0.25, 0.3) is 0 Å². The van der Waals surface area contributed by atoms with Gasteiger partial charge in [0, 0.05) is 36.6 Å². The van der Waals surface area contributed by atoms with Crippen LogP contribution in [0.1, 0.15) is 43.2 Å². The molecule has 2 aromatic carbocycles. The topological polar surface area (TPSA) is 66.2 Å². The average Bonchev–Trinajstić information content (AvgIpc) is 3.60. The molecular weight excluding hydrogens is 531 g/mol. The number of anilines is 1. The first-order chi connectivity index (χ1) is 20.4. The van der Waals surface area contributed by atoms with Crippen molar-refractivity contribution in [1.82, 2.24) is 19.8 Å². The molecule has 1 aromatic heterocycles. The van der Waals surface area contributed by atoms with Crippen LogP contribution in [0.25, 0.3) is 26.9 Å². The van der Waals surface area contributed by atoms with Crippen LogP contribution >= 0.6 is 0 Å². The first-order valence-corrected chi connectivity index (χ1v) is 14.9. The number of hydrogen-bond donors (Lipinski definition) is 0. The first-order valence-electron chi connectivity index (χ1n) is 14.9. The lowest BCUT2D eigenvalue weighted by atomic mass is 9.94. The van der Waals surface area contributed by atoms with Crippen molar-refractivity contribution in [3.05, 3.63) is 71.3 Å². The van der Waals surface area contributed by atoms with E-state index in [1.165, 1.54) is 17.2 Å². The molecule has 0 bridgehead atoms. The zero-order chi connectivity index (χ0) is 29.4. The van der Waals surface area contributed by atoms with Crippen LogP contribution in [-0.2, 0) is 11.2 Å². The number of halogens is 1. The molecule has 8 nitrogen and oxygen atoms in total. The van der Waals surface area contributed by atoms with Gasteiger partial charge in [-0.3, -0.25) is 4.79 Å². The van der Waals surface area contributed by atoms with E-state index in [2.05, 4.69) is 41.3 Å². The minimum atomic E-state index is -0.384. The third-order valence-corrected chi connectivity index (χ3v) is 9.25. The van der Waals surface area contributed by atoms with Crippen molar-refractivity contribution in [2.24, 2.45) is 0 Å². The van der Waals surface area contributed by atoms with Crippen molar-refractivity contribution in [2.75, 3.05) is 51.3 Å². The van der Waals surface area contributed by atoms with Crippen molar-refractivity contribution < 1.29 is 13.9 Å². The third-order valence-electron chi connectivity index (χ3n) is 9.25. The maximum absolute atomic E-state index is 16.6. The molecule has 42 heavy (non-hydrogen) atoms. The van der Waals surface area contributed by atoms with Gasteiger partial charge >= 0.3 is 6.01 Å². The molecule has 0 spiro atoms. The van der Waals surface area contributed by atoms with Gasteiger partial charge in [-0.15, -0.1) is 0 Å². The van der Waals surface area contributed by atoms with Gasteiger partial charge in [0.15, 0.2) is 5.82 Å². The fourth-order valence-corrected chi connectivity index (χ4v) is 6.83. The molecule has 1 aliphatic carbocycles. The summed E-state index contributed by atoms with van der Waals surface area (Å²) in [6.45, 7) is 16.2. The van der Waals surface area contributed by atoms with Crippen LogP contribution in [0.2, 0.25) is 0 Å². The van der Waals surface area contributed by atoms with Gasteiger partial charge in [0.1, 0.15) is 24.0 Å². The van der Waals surface area contributed by atoms with Crippen LogP contribution in [0.5, 0.6) is 6.01 Å². The molecule has 0 radical (unpaired) electrons. The van der Waals surface area contributed by atoms with Gasteiger partial charge < -0.3 is 24.3 Å². The number of carbonyl (C=O) groups is 1. The molecule has 1 amide bonds. The van der Waals surface area contributed by atoms with Crippen LogP contribution < -0.4 is 9.64 Å². The lowest BCUT2D eigenvalue weighted by molar-refractivity contribution is -0.128. The molecule has 3 atom stereocenters. The number of hydrogen-bond acceptors (Lipinski definition) is 6. The Hall–Kier alpha value is -4.03. The highest BCUT2D eigenvalue weighted by Gasteiger charge is 2.34. The van der Waals surface area contributed by atoms with E-state index >= 15 is 4.39 Å². The summed E-state index contributed by atoms with van der Waals surface area (Å²) in [5.74, 6) is 0.444. The third kappa shape index (κ3) is 5.09. The van der Waals surface area contributed by atoms with E-state index < -0.39 is 0 Å². The van der Waals surface area contributed by atoms with Crippen molar-refractivity contribution in [3.63, 3.8) is 0 Å². The summed E-state index contributed by atoms with van der Waals surface area (Å²) < 4.78 is 22.7. The minimum Gasteiger partial charge on any atom is -0.462 e. The Labute approximate surface area is 246 Å². The fourth-order valence-electron chi connectivity index (χ4n) is 6.83. The molecule has 2 saturated heterocycles. The second kappa shape index (κ2) is 11.7. The van der Waals surface area contributed by atoms with E-state index in [9.17, 15) is 4.79 Å². The highest BCUT2D eigenvalue weighted by Crippen LogP contribution is 2.41. The molecule has 0 saturated carbocycles. The Morgan fingerprint density at radius 3 is 2.79 bits per heavy atom. The standard InChI is InChI=1S/C33H37FN6O2/c1-5-29(41)40-17-16-39(19-23(40)18-35-3)32-28-14-13-27(25-10-6-9-24-21(2)11-12-26(24)25)30(34)31(28)36-33(37-32)42-20-22-8-7-15-38(22)4/h5-6,9-10,13-14,21-23H,1,7-8,11-12,15-20H2,2,4H3/t21?,22-,23-/m0/s1. The van der Waals surface area contributed by atoms with Gasteiger partial charge in [0.2, 0.25) is 12.5 Å². The van der Waals surface area contributed by atoms with E-state index in [-0.39, 0.29) is 41.9 Å². The summed E-state index contributed by atoms with van der Waals surface area (Å²) in [6, 6.07) is 9.98. The van der Waals surface area contributed by atoms with Gasteiger partial charge in [-0.25, -0.2) is 11.0 Å². The van der Waals surface area contributed by atoms with Crippen molar-refractivity contribution in [3.8, 4) is 17.1 Å². The molecule has 3 aromatic rings. The number of fused-ring (bicyclic) bond motifs is 2. The first kappa shape index (κ1) is 28.1. The maximum Gasteiger partial charge on any atom is 0.319 e. The quantitative estimate of drug-likeness (QED) is 0.293. The number of aromatic nitrogens is 2. The van der Waals surface area contributed by atoms with E-state index in [1.807, 2.05) is 29.2 Å². The molecule has 0 N–H and O–H groups in total. The minimum absolute atomic E-state index is 0.145. The highest BCUT2D eigenvalue weighted by molar-refractivity contribution is 5.94. The van der Waals surface area contributed by atoms with Crippen molar-refractivity contribution >= 4 is 22.6 Å². The number of nitrogens with zero attached hydrogens (tertiary/aromatic N) is 6. The zero-order valence-corrected chi connectivity index (χ0v) is 24.4. The normalized spacial score (nSPS) is 22.3. The summed E-state index contributed by atoms with van der Waals surface area (Å²) in [5.41, 5.74) is 4.18. The number of likely N-dealkylation sites (N-methyl/N-ethyl adjacent to an activating group) is 1. The summed E-state index contributed by atoms with van der Waals surface area (Å²) in [4.78, 5) is 31.5. The molecule has 2 aliphatic heterocycles. The summed E-state index contributed by atoms with van der Waals surface area (Å²) >= 11 is 0. The molecule has 6 rings (SSSR count). The SMILES string of the molecule is [C-]#[N+]C[C@H]1CN(c2nc(OC[C@@H]3CCCN3C)nc3c(F)c(-c4cccc5c4CCC5C)ccc23)CCN1C(=O)C=C. The number of piperazine rings is 1. The molecule has 2 fully saturated rings. The fraction of sp³-hybridized carbons (Fsp3) is 0.455. The lowest BCUT2D eigenvalue weighted by Crippen LogP contribution is -2.56. The van der Waals surface area contributed by atoms with E-state index in [0.717, 1.165) is 37.8 Å². The predicted octanol–water partition coefficient (Wildman–Crippen LogP) is 5.08. The number of ether oxygens (including phenoxy) is 1. The van der Waals surface area contributed by atoms with Gasteiger partial charge in [-0.2, -0.15) is 9.97 Å². The van der Waals surface area contributed by atoms with Gasteiger partial charge in [-0.1, -0.05) is 37.8 Å². The van der Waals surface area contributed by atoms with E-state index in [0.29, 0.717) is 48.9 Å². The Morgan fingerprint density at radius 2 is 2.02 bits per heavy atom. The van der Waals surface area contributed by atoms with Gasteiger partial charge in [0.05, 0.1) is 0 Å². The van der Waals surface area contributed by atoms with Crippen LogP contribution in [-0.4, -0.2) is 84.1 Å². The summed E-state index contributed by atoms with van der Waals surface area (Å²) in [6.07, 6.45) is 5.43. The number of amides is 1. The maximum atomic E-state index is 16.6. The molecule has 1 unspecified atom stereocenters. The van der Waals surface area contributed by atoms with E-state index in [1.54, 1.807) is 4.90 Å². The second-order valence-corrected chi connectivity index (χ2v) is 11.7. The van der Waals surface area contributed by atoms with Crippen LogP contribution in [0.15, 0.2) is 43.0 Å². The van der Waals surface area contributed by atoms with Crippen LogP contribution in [0.3, 0.4) is 0 Å². The van der Waals surface area contributed by atoms with E-state index in [4.69, 9.17) is 16.3 Å². The van der Waals surface area contributed by atoms with Gasteiger partial charge in [-0.05, 0) is 74.0 Å². The number of carbonyl (C=O) groups excluding carboxylic acids is 1. The largest absolute Gasteiger partial charge is 0.462 e. The Bertz CT molecular complexity index is 1570. The molecular formula is C33H37FN6O2. The molecule has 9 heteroatoms. The monoisotopic (exact) mass is 568 g/mol. The zero-order valence-electron chi connectivity index (χ0n) is 24.4. The van der Waals surface area contributed by atoms with Crippen LogP contribution in [0, 0.1) is 12.4 Å². The Balaban J connectivity index is 1.42. The number of rotatable bonds is 7.